The van der Waals surface area contributed by atoms with Crippen molar-refractivity contribution in [3.63, 3.8) is 0 Å². The van der Waals surface area contributed by atoms with E-state index in [4.69, 9.17) is 17.3 Å². The summed E-state index contributed by atoms with van der Waals surface area (Å²) in [5, 5.41) is 9.54. The van der Waals surface area contributed by atoms with Gasteiger partial charge in [-0.1, -0.05) is 23.7 Å². The summed E-state index contributed by atoms with van der Waals surface area (Å²) >= 11 is 5.80. The second kappa shape index (κ2) is 5.93. The van der Waals surface area contributed by atoms with Crippen molar-refractivity contribution >= 4 is 27.3 Å². The number of nitrogen functional groups attached to an aromatic ring is 1. The zero-order valence-electron chi connectivity index (χ0n) is 11.3. The van der Waals surface area contributed by atoms with Gasteiger partial charge in [0.05, 0.1) is 15.6 Å². The van der Waals surface area contributed by atoms with Gasteiger partial charge in [-0.3, -0.25) is 0 Å². The SMILES string of the molecule is CN(Cc1ccc(O)cc1)S(=O)(=O)c1ccc(Cl)c(N)c1. The van der Waals surface area contributed by atoms with Crippen molar-refractivity contribution < 1.29 is 13.5 Å². The molecule has 0 aromatic heterocycles. The van der Waals surface area contributed by atoms with Crippen molar-refractivity contribution in [1.29, 1.82) is 0 Å². The van der Waals surface area contributed by atoms with Crippen LogP contribution in [-0.4, -0.2) is 24.9 Å². The molecule has 3 N–H and O–H groups in total. The number of phenols is 1. The maximum Gasteiger partial charge on any atom is 0.243 e. The van der Waals surface area contributed by atoms with Crippen LogP contribution in [0, 0.1) is 0 Å². The predicted octanol–water partition coefficient (Wildman–Crippen LogP) is 2.45. The van der Waals surface area contributed by atoms with E-state index in [1.54, 1.807) is 12.1 Å². The van der Waals surface area contributed by atoms with Gasteiger partial charge in [-0.25, -0.2) is 8.42 Å². The summed E-state index contributed by atoms with van der Waals surface area (Å²) < 4.78 is 26.1. The van der Waals surface area contributed by atoms with Gasteiger partial charge in [0.25, 0.3) is 0 Å². The van der Waals surface area contributed by atoms with Crippen LogP contribution < -0.4 is 5.73 Å². The van der Waals surface area contributed by atoms with Crippen molar-refractivity contribution in [2.24, 2.45) is 0 Å². The van der Waals surface area contributed by atoms with Crippen molar-refractivity contribution in [3.05, 3.63) is 53.1 Å². The highest BCUT2D eigenvalue weighted by atomic mass is 35.5. The van der Waals surface area contributed by atoms with E-state index in [1.807, 2.05) is 0 Å². The highest BCUT2D eigenvalue weighted by Crippen LogP contribution is 2.24. The minimum absolute atomic E-state index is 0.0886. The molecular weight excluding hydrogens is 312 g/mol. The van der Waals surface area contributed by atoms with E-state index in [-0.39, 0.29) is 22.9 Å². The monoisotopic (exact) mass is 326 g/mol. The summed E-state index contributed by atoms with van der Waals surface area (Å²) in [6.45, 7) is 0.186. The molecule has 2 aromatic carbocycles. The van der Waals surface area contributed by atoms with Gasteiger partial charge in [-0.05, 0) is 35.9 Å². The maximum absolute atomic E-state index is 12.4. The van der Waals surface area contributed by atoms with E-state index in [0.717, 1.165) is 5.56 Å². The molecule has 0 atom stereocenters. The lowest BCUT2D eigenvalue weighted by Crippen LogP contribution is -2.26. The fourth-order valence-electron chi connectivity index (χ4n) is 1.81. The number of phenolic OH excluding ortho intramolecular Hbond substituents is 1. The summed E-state index contributed by atoms with van der Waals surface area (Å²) in [7, 11) is -2.18. The Morgan fingerprint density at radius 3 is 2.38 bits per heavy atom. The molecule has 0 aliphatic heterocycles. The first-order valence-corrected chi connectivity index (χ1v) is 7.92. The van der Waals surface area contributed by atoms with E-state index < -0.39 is 10.0 Å². The molecule has 7 heteroatoms. The highest BCUT2D eigenvalue weighted by molar-refractivity contribution is 7.89. The Bertz CT molecular complexity index is 745. The number of benzene rings is 2. The Hall–Kier alpha value is -1.76. The minimum Gasteiger partial charge on any atom is -0.508 e. The molecule has 0 radical (unpaired) electrons. The van der Waals surface area contributed by atoms with Gasteiger partial charge >= 0.3 is 0 Å². The smallest absolute Gasteiger partial charge is 0.243 e. The number of rotatable bonds is 4. The molecule has 0 heterocycles. The molecule has 21 heavy (non-hydrogen) atoms. The molecule has 0 saturated carbocycles. The molecule has 0 spiro atoms. The first kappa shape index (κ1) is 15.6. The lowest BCUT2D eigenvalue weighted by molar-refractivity contribution is 0.463. The number of halogens is 1. The van der Waals surface area contributed by atoms with E-state index in [2.05, 4.69) is 0 Å². The van der Waals surface area contributed by atoms with Crippen molar-refractivity contribution in [1.82, 2.24) is 4.31 Å². The van der Waals surface area contributed by atoms with Crippen LogP contribution in [0.4, 0.5) is 5.69 Å². The predicted molar refractivity (Wildman–Crippen MR) is 82.6 cm³/mol. The first-order valence-electron chi connectivity index (χ1n) is 6.10. The molecule has 0 saturated heterocycles. The first-order chi connectivity index (χ1) is 9.80. The van der Waals surface area contributed by atoms with Gasteiger partial charge in [0, 0.05) is 13.6 Å². The second-order valence-corrected chi connectivity index (χ2v) is 7.06. The van der Waals surface area contributed by atoms with Gasteiger partial charge in [-0.2, -0.15) is 4.31 Å². The second-order valence-electron chi connectivity index (χ2n) is 4.61. The Morgan fingerprint density at radius 2 is 1.81 bits per heavy atom. The van der Waals surface area contributed by atoms with Crippen LogP contribution >= 0.6 is 11.6 Å². The molecule has 0 unspecified atom stereocenters. The quantitative estimate of drug-likeness (QED) is 0.845. The Labute approximate surface area is 128 Å². The standard InChI is InChI=1S/C14H15ClN2O3S/c1-17(9-10-2-4-11(18)5-3-10)21(19,20)12-6-7-13(15)14(16)8-12/h2-8,18H,9,16H2,1H3. The normalized spacial score (nSPS) is 11.8. The van der Waals surface area contributed by atoms with Gasteiger partial charge in [0.1, 0.15) is 5.75 Å². The number of hydrogen-bond acceptors (Lipinski definition) is 4. The number of anilines is 1. The molecule has 0 aliphatic rings. The van der Waals surface area contributed by atoms with E-state index in [9.17, 15) is 13.5 Å². The molecule has 2 aromatic rings. The van der Waals surface area contributed by atoms with Crippen LogP contribution in [-0.2, 0) is 16.6 Å². The zero-order valence-corrected chi connectivity index (χ0v) is 12.9. The molecular formula is C14H15ClN2O3S. The van der Waals surface area contributed by atoms with Gasteiger partial charge in [0.2, 0.25) is 10.0 Å². The van der Waals surface area contributed by atoms with Crippen molar-refractivity contribution in [2.75, 3.05) is 12.8 Å². The Balaban J connectivity index is 2.25. The lowest BCUT2D eigenvalue weighted by atomic mass is 10.2. The Morgan fingerprint density at radius 1 is 1.19 bits per heavy atom. The number of nitrogens with two attached hydrogens (primary N) is 1. The molecule has 0 fully saturated rings. The van der Waals surface area contributed by atoms with Crippen molar-refractivity contribution in [2.45, 2.75) is 11.4 Å². The molecule has 0 aliphatic carbocycles. The van der Waals surface area contributed by atoms with Gasteiger partial charge in [0.15, 0.2) is 0 Å². The van der Waals surface area contributed by atoms with Crippen LogP contribution in [0.3, 0.4) is 0 Å². The van der Waals surface area contributed by atoms with Crippen molar-refractivity contribution in [3.8, 4) is 5.75 Å². The average Bonchev–Trinajstić information content (AvgIpc) is 2.44. The molecule has 0 amide bonds. The van der Waals surface area contributed by atoms with Gasteiger partial charge in [-0.15, -0.1) is 0 Å². The van der Waals surface area contributed by atoms with Crippen LogP contribution in [0.2, 0.25) is 5.02 Å². The lowest BCUT2D eigenvalue weighted by Gasteiger charge is -2.17. The number of hydrogen-bond donors (Lipinski definition) is 2. The van der Waals surface area contributed by atoms with Gasteiger partial charge < -0.3 is 10.8 Å². The number of nitrogens with zero attached hydrogens (tertiary/aromatic N) is 1. The van der Waals surface area contributed by atoms with E-state index in [0.29, 0.717) is 5.02 Å². The molecule has 2 rings (SSSR count). The summed E-state index contributed by atoms with van der Waals surface area (Å²) in [5.41, 5.74) is 6.63. The fraction of sp³-hybridized carbons (Fsp3) is 0.143. The fourth-order valence-corrected chi connectivity index (χ4v) is 3.12. The molecule has 0 bridgehead atoms. The third-order valence-corrected chi connectivity index (χ3v) is 5.16. The third kappa shape index (κ3) is 3.47. The van der Waals surface area contributed by atoms with Crippen LogP contribution in [0.5, 0.6) is 5.75 Å². The summed E-state index contributed by atoms with van der Waals surface area (Å²) in [5.74, 6) is 0.134. The topological polar surface area (TPSA) is 83.6 Å². The molecule has 112 valence electrons. The van der Waals surface area contributed by atoms with Crippen LogP contribution in [0.1, 0.15) is 5.56 Å². The number of aromatic hydroxyl groups is 1. The highest BCUT2D eigenvalue weighted by Gasteiger charge is 2.21. The third-order valence-electron chi connectivity index (χ3n) is 3.02. The Kier molecular flexibility index (Phi) is 4.41. The number of sulfonamides is 1. The van der Waals surface area contributed by atoms with E-state index >= 15 is 0 Å². The van der Waals surface area contributed by atoms with E-state index in [1.165, 1.54) is 41.7 Å². The zero-order chi connectivity index (χ0) is 15.6. The molecule has 5 nitrogen and oxygen atoms in total. The van der Waals surface area contributed by atoms with Crippen LogP contribution in [0.25, 0.3) is 0 Å². The minimum atomic E-state index is -3.65. The summed E-state index contributed by atoms with van der Waals surface area (Å²) in [6.07, 6.45) is 0. The summed E-state index contributed by atoms with van der Waals surface area (Å²) in [4.78, 5) is 0.0886. The summed E-state index contributed by atoms with van der Waals surface area (Å²) in [6, 6.07) is 10.6. The maximum atomic E-state index is 12.4. The van der Waals surface area contributed by atoms with Crippen LogP contribution in [0.15, 0.2) is 47.4 Å². The largest absolute Gasteiger partial charge is 0.508 e. The average molecular weight is 327 g/mol.